The van der Waals surface area contributed by atoms with Gasteiger partial charge in [0, 0.05) is 0 Å². The Morgan fingerprint density at radius 2 is 2.08 bits per heavy atom. The summed E-state index contributed by atoms with van der Waals surface area (Å²) in [6, 6.07) is -1.08. The Morgan fingerprint density at radius 1 is 1.58 bits per heavy atom. The van der Waals surface area contributed by atoms with Crippen molar-refractivity contribution >= 4 is 11.9 Å². The molecule has 0 aromatic heterocycles. The molecule has 0 aliphatic carbocycles. The Hall–Kier alpha value is -1.14. The van der Waals surface area contributed by atoms with Gasteiger partial charge in [0.25, 0.3) is 0 Å². The first-order chi connectivity index (χ1) is 5.45. The normalized spacial score (nSPS) is 14.9. The molecule has 6 heteroatoms. The van der Waals surface area contributed by atoms with Crippen molar-refractivity contribution in [3.05, 3.63) is 0 Å². The standard InChI is InChI=1S/C6H12N2O4/c1-3(9)5(7)6(12)8-2-4(10)11/h3,5,9H,2,7H2,1H3,(H,8,12)(H,10,11)/t3-,5+/m0/s1. The van der Waals surface area contributed by atoms with E-state index in [1.165, 1.54) is 6.92 Å². The largest absolute Gasteiger partial charge is 0.480 e. The van der Waals surface area contributed by atoms with E-state index in [2.05, 4.69) is 0 Å². The van der Waals surface area contributed by atoms with Crippen LogP contribution in [-0.4, -0.2) is 40.8 Å². The fourth-order valence-corrected chi connectivity index (χ4v) is 0.500. The van der Waals surface area contributed by atoms with Gasteiger partial charge in [0.2, 0.25) is 5.91 Å². The lowest BCUT2D eigenvalue weighted by atomic mass is 10.2. The van der Waals surface area contributed by atoms with Crippen LogP contribution in [0.15, 0.2) is 0 Å². The zero-order chi connectivity index (χ0) is 9.72. The lowest BCUT2D eigenvalue weighted by Crippen LogP contribution is -2.48. The van der Waals surface area contributed by atoms with Gasteiger partial charge in [0.1, 0.15) is 12.6 Å². The van der Waals surface area contributed by atoms with Crippen LogP contribution in [0.1, 0.15) is 6.92 Å². The quantitative estimate of drug-likeness (QED) is 0.392. The summed E-state index contributed by atoms with van der Waals surface area (Å²) in [6.07, 6.45) is -0.987. The van der Waals surface area contributed by atoms with Crippen molar-refractivity contribution in [2.24, 2.45) is 5.73 Å². The molecule has 2 atom stereocenters. The van der Waals surface area contributed by atoms with Crippen LogP contribution in [0.2, 0.25) is 0 Å². The molecule has 6 nitrogen and oxygen atoms in total. The molecule has 70 valence electrons. The molecule has 5 N–H and O–H groups in total. The van der Waals surface area contributed by atoms with Gasteiger partial charge >= 0.3 is 5.97 Å². The second-order valence-electron chi connectivity index (χ2n) is 2.38. The van der Waals surface area contributed by atoms with Gasteiger partial charge in [-0.3, -0.25) is 9.59 Å². The lowest BCUT2D eigenvalue weighted by molar-refractivity contribution is -0.138. The van der Waals surface area contributed by atoms with Crippen LogP contribution in [0.25, 0.3) is 0 Å². The molecule has 0 spiro atoms. The topological polar surface area (TPSA) is 113 Å². The minimum absolute atomic E-state index is 0.487. The van der Waals surface area contributed by atoms with E-state index in [0.717, 1.165) is 0 Å². The van der Waals surface area contributed by atoms with E-state index in [1.54, 1.807) is 0 Å². The fourth-order valence-electron chi connectivity index (χ4n) is 0.500. The highest BCUT2D eigenvalue weighted by atomic mass is 16.4. The summed E-state index contributed by atoms with van der Waals surface area (Å²) in [6.45, 7) is 0.865. The number of hydrogen-bond donors (Lipinski definition) is 4. The van der Waals surface area contributed by atoms with Crippen LogP contribution in [-0.2, 0) is 9.59 Å². The molecule has 0 aliphatic rings. The SMILES string of the molecule is C[C@H](O)[C@@H](N)C(=O)NCC(=O)O. The number of aliphatic carboxylic acids is 1. The highest BCUT2D eigenvalue weighted by molar-refractivity contribution is 5.85. The van der Waals surface area contributed by atoms with Gasteiger partial charge < -0.3 is 21.3 Å². The summed E-state index contributed by atoms with van der Waals surface area (Å²) in [5.41, 5.74) is 5.19. The monoisotopic (exact) mass is 176 g/mol. The predicted molar refractivity (Wildman–Crippen MR) is 40.3 cm³/mol. The lowest BCUT2D eigenvalue weighted by Gasteiger charge is -2.12. The van der Waals surface area contributed by atoms with E-state index in [-0.39, 0.29) is 0 Å². The first kappa shape index (κ1) is 10.9. The molecule has 12 heavy (non-hydrogen) atoms. The second kappa shape index (κ2) is 4.68. The molecule has 0 aliphatic heterocycles. The number of nitrogens with two attached hydrogens (primary N) is 1. The number of aliphatic hydroxyl groups is 1. The summed E-state index contributed by atoms with van der Waals surface area (Å²) >= 11 is 0. The van der Waals surface area contributed by atoms with Crippen molar-refractivity contribution in [3.63, 3.8) is 0 Å². The third-order valence-corrected chi connectivity index (χ3v) is 1.24. The number of aliphatic hydroxyl groups excluding tert-OH is 1. The van der Waals surface area contributed by atoms with Crippen LogP contribution >= 0.6 is 0 Å². The number of carbonyl (C=O) groups is 2. The maximum Gasteiger partial charge on any atom is 0.322 e. The summed E-state index contributed by atoms with van der Waals surface area (Å²) in [4.78, 5) is 20.8. The Labute approximate surface area is 69.4 Å². The van der Waals surface area contributed by atoms with E-state index < -0.39 is 30.6 Å². The smallest absolute Gasteiger partial charge is 0.322 e. The average molecular weight is 176 g/mol. The zero-order valence-corrected chi connectivity index (χ0v) is 6.65. The van der Waals surface area contributed by atoms with Gasteiger partial charge in [-0.1, -0.05) is 0 Å². The number of carbonyl (C=O) groups excluding carboxylic acids is 1. The highest BCUT2D eigenvalue weighted by Gasteiger charge is 2.18. The number of hydrogen-bond acceptors (Lipinski definition) is 4. The Bertz CT molecular complexity index is 180. The summed E-state index contributed by atoms with van der Waals surface area (Å²) in [7, 11) is 0. The van der Waals surface area contributed by atoms with Crippen molar-refractivity contribution in [1.82, 2.24) is 5.32 Å². The molecule has 0 fully saturated rings. The van der Waals surface area contributed by atoms with Gasteiger partial charge in [-0.15, -0.1) is 0 Å². The molecule has 0 rings (SSSR count). The molecule has 1 amide bonds. The summed E-state index contributed by atoms with van der Waals surface area (Å²) in [5.74, 6) is -1.83. The maximum atomic E-state index is 10.8. The molecule has 0 saturated carbocycles. The zero-order valence-electron chi connectivity index (χ0n) is 6.65. The number of amides is 1. The first-order valence-corrected chi connectivity index (χ1v) is 3.38. The van der Waals surface area contributed by atoms with Gasteiger partial charge in [0.05, 0.1) is 6.10 Å². The van der Waals surface area contributed by atoms with E-state index in [9.17, 15) is 9.59 Å². The molecule has 0 aromatic rings. The molecule has 0 heterocycles. The average Bonchev–Trinajstić information content (AvgIpc) is 1.98. The molecule has 0 aromatic carbocycles. The third-order valence-electron chi connectivity index (χ3n) is 1.24. The van der Waals surface area contributed by atoms with Crippen LogP contribution in [0, 0.1) is 0 Å². The van der Waals surface area contributed by atoms with Gasteiger partial charge in [-0.2, -0.15) is 0 Å². The van der Waals surface area contributed by atoms with Crippen LogP contribution in [0.5, 0.6) is 0 Å². The molecular formula is C6H12N2O4. The van der Waals surface area contributed by atoms with Crippen molar-refractivity contribution in [2.75, 3.05) is 6.54 Å². The molecule has 0 radical (unpaired) electrons. The molecule has 0 unspecified atom stereocenters. The molecule has 0 saturated heterocycles. The molecular weight excluding hydrogens is 164 g/mol. The minimum Gasteiger partial charge on any atom is -0.480 e. The number of carboxylic acids is 1. The van der Waals surface area contributed by atoms with E-state index >= 15 is 0 Å². The van der Waals surface area contributed by atoms with Gasteiger partial charge in [-0.25, -0.2) is 0 Å². The van der Waals surface area contributed by atoms with Crippen LogP contribution in [0.3, 0.4) is 0 Å². The van der Waals surface area contributed by atoms with E-state index in [0.29, 0.717) is 0 Å². The fraction of sp³-hybridized carbons (Fsp3) is 0.667. The van der Waals surface area contributed by atoms with Crippen molar-refractivity contribution < 1.29 is 19.8 Å². The van der Waals surface area contributed by atoms with E-state index in [4.69, 9.17) is 15.9 Å². The van der Waals surface area contributed by atoms with Crippen molar-refractivity contribution in [1.29, 1.82) is 0 Å². The van der Waals surface area contributed by atoms with Crippen LogP contribution in [0.4, 0.5) is 0 Å². The first-order valence-electron chi connectivity index (χ1n) is 3.38. The Morgan fingerprint density at radius 3 is 2.42 bits per heavy atom. The van der Waals surface area contributed by atoms with Gasteiger partial charge in [0.15, 0.2) is 0 Å². The summed E-state index contributed by atoms with van der Waals surface area (Å²) < 4.78 is 0. The highest BCUT2D eigenvalue weighted by Crippen LogP contribution is 1.87. The summed E-state index contributed by atoms with van der Waals surface area (Å²) in [5, 5.41) is 19.0. The number of nitrogens with one attached hydrogen (secondary N) is 1. The van der Waals surface area contributed by atoms with Crippen LogP contribution < -0.4 is 11.1 Å². The third kappa shape index (κ3) is 3.89. The van der Waals surface area contributed by atoms with E-state index in [1.807, 2.05) is 5.32 Å². The minimum atomic E-state index is -1.15. The maximum absolute atomic E-state index is 10.8. The predicted octanol–water partition coefficient (Wildman–Crippen LogP) is -2.10. The Balaban J connectivity index is 3.80. The number of rotatable bonds is 4. The Kier molecular flexibility index (Phi) is 4.24. The molecule has 0 bridgehead atoms. The number of carboxylic acid groups (broad SMARTS) is 1. The van der Waals surface area contributed by atoms with Crippen molar-refractivity contribution in [3.8, 4) is 0 Å². The second-order valence-corrected chi connectivity index (χ2v) is 2.38. The van der Waals surface area contributed by atoms with Gasteiger partial charge in [-0.05, 0) is 6.92 Å². The van der Waals surface area contributed by atoms with Crippen molar-refractivity contribution in [2.45, 2.75) is 19.1 Å².